The summed E-state index contributed by atoms with van der Waals surface area (Å²) in [6.45, 7) is 1.02. The first-order chi connectivity index (χ1) is 13.1. The summed E-state index contributed by atoms with van der Waals surface area (Å²) in [4.78, 5) is 18.9. The zero-order valence-electron chi connectivity index (χ0n) is 14.2. The Morgan fingerprint density at radius 1 is 1.19 bits per heavy atom. The van der Waals surface area contributed by atoms with Crippen LogP contribution in [0.3, 0.4) is 0 Å². The van der Waals surface area contributed by atoms with E-state index in [1.165, 1.54) is 23.5 Å². The SMILES string of the molecule is O=C(c1csc(-c2ccsc2)n1)N1CCC(Oc2ccc(F)cc2F)CC1. The van der Waals surface area contributed by atoms with Gasteiger partial charge in [-0.15, -0.1) is 11.3 Å². The number of rotatable bonds is 4. The molecule has 3 aromatic rings. The van der Waals surface area contributed by atoms with E-state index in [4.69, 9.17) is 4.74 Å². The molecule has 0 radical (unpaired) electrons. The Morgan fingerprint density at radius 2 is 2.00 bits per heavy atom. The number of likely N-dealkylation sites (tertiary alicyclic amines) is 1. The van der Waals surface area contributed by atoms with E-state index in [1.807, 2.05) is 16.8 Å². The number of benzene rings is 1. The summed E-state index contributed by atoms with van der Waals surface area (Å²) in [5, 5.41) is 6.60. The molecule has 1 amide bonds. The number of aromatic nitrogens is 1. The molecule has 0 unspecified atom stereocenters. The summed E-state index contributed by atoms with van der Waals surface area (Å²) >= 11 is 3.05. The third kappa shape index (κ3) is 4.01. The van der Waals surface area contributed by atoms with Gasteiger partial charge in [-0.3, -0.25) is 4.79 Å². The van der Waals surface area contributed by atoms with E-state index >= 15 is 0 Å². The molecule has 2 aromatic heterocycles. The Kier molecular flexibility index (Phi) is 5.18. The van der Waals surface area contributed by atoms with E-state index in [0.29, 0.717) is 31.6 Å². The Hall–Kier alpha value is -2.32. The van der Waals surface area contributed by atoms with Crippen LogP contribution in [0.2, 0.25) is 0 Å². The summed E-state index contributed by atoms with van der Waals surface area (Å²) < 4.78 is 32.3. The lowest BCUT2D eigenvalue weighted by molar-refractivity contribution is 0.0583. The summed E-state index contributed by atoms with van der Waals surface area (Å²) in [5.41, 5.74) is 1.47. The van der Waals surface area contributed by atoms with Gasteiger partial charge in [-0.25, -0.2) is 13.8 Å². The van der Waals surface area contributed by atoms with Crippen LogP contribution in [0, 0.1) is 11.6 Å². The van der Waals surface area contributed by atoms with Crippen LogP contribution in [0.15, 0.2) is 40.4 Å². The maximum Gasteiger partial charge on any atom is 0.273 e. The molecule has 0 spiro atoms. The quantitative estimate of drug-likeness (QED) is 0.623. The van der Waals surface area contributed by atoms with E-state index in [9.17, 15) is 13.6 Å². The van der Waals surface area contributed by atoms with E-state index in [0.717, 1.165) is 16.6 Å². The normalized spacial score (nSPS) is 15.1. The summed E-state index contributed by atoms with van der Waals surface area (Å²) in [7, 11) is 0. The predicted octanol–water partition coefficient (Wildman–Crippen LogP) is 4.83. The fourth-order valence-corrected chi connectivity index (χ4v) is 4.49. The number of amides is 1. The molecule has 1 aromatic carbocycles. The number of nitrogens with zero attached hydrogens (tertiary/aromatic N) is 2. The third-order valence-electron chi connectivity index (χ3n) is 4.41. The lowest BCUT2D eigenvalue weighted by Crippen LogP contribution is -2.42. The maximum absolute atomic E-state index is 13.7. The lowest BCUT2D eigenvalue weighted by Gasteiger charge is -2.31. The highest BCUT2D eigenvalue weighted by molar-refractivity contribution is 7.14. The Labute approximate surface area is 163 Å². The lowest BCUT2D eigenvalue weighted by atomic mass is 10.1. The number of thiophene rings is 1. The summed E-state index contributed by atoms with van der Waals surface area (Å²) in [6.07, 6.45) is 0.972. The van der Waals surface area contributed by atoms with Crippen molar-refractivity contribution in [2.45, 2.75) is 18.9 Å². The van der Waals surface area contributed by atoms with Crippen LogP contribution >= 0.6 is 22.7 Å². The fraction of sp³-hybridized carbons (Fsp3) is 0.263. The molecule has 0 bridgehead atoms. The third-order valence-corrected chi connectivity index (χ3v) is 5.98. The highest BCUT2D eigenvalue weighted by Gasteiger charge is 2.26. The van der Waals surface area contributed by atoms with Crippen molar-refractivity contribution in [1.29, 1.82) is 0 Å². The zero-order valence-corrected chi connectivity index (χ0v) is 15.9. The number of hydrogen-bond acceptors (Lipinski definition) is 5. The van der Waals surface area contributed by atoms with Gasteiger partial charge in [0.25, 0.3) is 5.91 Å². The van der Waals surface area contributed by atoms with Crippen LogP contribution in [-0.4, -0.2) is 35.0 Å². The van der Waals surface area contributed by atoms with Crippen molar-refractivity contribution in [2.24, 2.45) is 0 Å². The highest BCUT2D eigenvalue weighted by Crippen LogP contribution is 2.27. The Morgan fingerprint density at radius 3 is 2.70 bits per heavy atom. The molecule has 4 nitrogen and oxygen atoms in total. The van der Waals surface area contributed by atoms with Crippen molar-refractivity contribution in [2.75, 3.05) is 13.1 Å². The largest absolute Gasteiger partial charge is 0.487 e. The topological polar surface area (TPSA) is 42.4 Å². The standard InChI is InChI=1S/C19H16F2N2O2S2/c20-13-1-2-17(15(21)9-13)25-14-3-6-23(7-4-14)19(24)16-11-27-18(22-16)12-5-8-26-10-12/h1-2,5,8-11,14H,3-4,6-7H2. The van der Waals surface area contributed by atoms with Crippen LogP contribution < -0.4 is 4.74 Å². The van der Waals surface area contributed by atoms with Crippen LogP contribution in [0.25, 0.3) is 10.6 Å². The Balaban J connectivity index is 1.35. The molecule has 8 heteroatoms. The van der Waals surface area contributed by atoms with Gasteiger partial charge in [0, 0.05) is 48.3 Å². The van der Waals surface area contributed by atoms with Crippen molar-refractivity contribution >= 4 is 28.6 Å². The molecule has 140 valence electrons. The molecule has 1 saturated heterocycles. The van der Waals surface area contributed by atoms with E-state index in [1.54, 1.807) is 21.6 Å². The van der Waals surface area contributed by atoms with Gasteiger partial charge in [-0.1, -0.05) is 0 Å². The molecule has 3 heterocycles. The average molecular weight is 406 g/mol. The van der Waals surface area contributed by atoms with Gasteiger partial charge < -0.3 is 9.64 Å². The van der Waals surface area contributed by atoms with Gasteiger partial charge >= 0.3 is 0 Å². The smallest absolute Gasteiger partial charge is 0.273 e. The van der Waals surface area contributed by atoms with Crippen molar-refractivity contribution in [3.8, 4) is 16.3 Å². The van der Waals surface area contributed by atoms with Crippen molar-refractivity contribution in [3.05, 3.63) is 57.7 Å². The van der Waals surface area contributed by atoms with Crippen molar-refractivity contribution in [1.82, 2.24) is 9.88 Å². The monoisotopic (exact) mass is 406 g/mol. The molecule has 1 fully saturated rings. The molecule has 1 aliphatic heterocycles. The second-order valence-electron chi connectivity index (χ2n) is 6.23. The molecule has 0 saturated carbocycles. The van der Waals surface area contributed by atoms with Crippen molar-refractivity contribution in [3.63, 3.8) is 0 Å². The first kappa shape index (κ1) is 18.1. The van der Waals surface area contributed by atoms with Gasteiger partial charge in [0.05, 0.1) is 0 Å². The number of halogens is 2. The number of carbonyl (C=O) groups is 1. The minimum Gasteiger partial charge on any atom is -0.487 e. The second-order valence-corrected chi connectivity index (χ2v) is 7.87. The first-order valence-electron chi connectivity index (χ1n) is 8.49. The molecule has 0 N–H and O–H groups in total. The predicted molar refractivity (Wildman–Crippen MR) is 101 cm³/mol. The van der Waals surface area contributed by atoms with Gasteiger partial charge in [-0.2, -0.15) is 11.3 Å². The minimum absolute atomic E-state index is 0.0427. The van der Waals surface area contributed by atoms with Crippen LogP contribution in [0.4, 0.5) is 8.78 Å². The number of ether oxygens (including phenoxy) is 1. The number of hydrogen-bond donors (Lipinski definition) is 0. The zero-order chi connectivity index (χ0) is 18.8. The second kappa shape index (κ2) is 7.74. The molecule has 1 aliphatic rings. The maximum atomic E-state index is 13.7. The number of thiazole rings is 1. The van der Waals surface area contributed by atoms with Crippen LogP contribution in [0.1, 0.15) is 23.3 Å². The molecule has 0 atom stereocenters. The fourth-order valence-electron chi connectivity index (χ4n) is 2.98. The number of carbonyl (C=O) groups excluding carboxylic acids is 1. The molecular formula is C19H16F2N2O2S2. The van der Waals surface area contributed by atoms with Gasteiger partial charge in [-0.05, 0) is 23.6 Å². The first-order valence-corrected chi connectivity index (χ1v) is 10.3. The average Bonchev–Trinajstić information content (AvgIpc) is 3.35. The molecule has 4 rings (SSSR count). The summed E-state index contributed by atoms with van der Waals surface area (Å²) in [5.74, 6) is -1.40. The Bertz CT molecular complexity index is 935. The minimum atomic E-state index is -0.711. The summed E-state index contributed by atoms with van der Waals surface area (Å²) in [6, 6.07) is 5.25. The van der Waals surface area contributed by atoms with E-state index in [-0.39, 0.29) is 17.8 Å². The van der Waals surface area contributed by atoms with E-state index < -0.39 is 11.6 Å². The number of piperidine rings is 1. The van der Waals surface area contributed by atoms with Crippen LogP contribution in [-0.2, 0) is 0 Å². The van der Waals surface area contributed by atoms with E-state index in [2.05, 4.69) is 4.98 Å². The molecule has 0 aliphatic carbocycles. The van der Waals surface area contributed by atoms with Gasteiger partial charge in [0.1, 0.15) is 22.6 Å². The molecular weight excluding hydrogens is 390 g/mol. The highest BCUT2D eigenvalue weighted by atomic mass is 32.1. The van der Waals surface area contributed by atoms with Crippen LogP contribution in [0.5, 0.6) is 5.75 Å². The molecule has 27 heavy (non-hydrogen) atoms. The van der Waals surface area contributed by atoms with Crippen molar-refractivity contribution < 1.29 is 18.3 Å². The van der Waals surface area contributed by atoms with Gasteiger partial charge in [0.15, 0.2) is 11.6 Å². The van der Waals surface area contributed by atoms with Gasteiger partial charge in [0.2, 0.25) is 0 Å².